The first-order valence-electron chi connectivity index (χ1n) is 18.3. The van der Waals surface area contributed by atoms with Gasteiger partial charge in [0, 0.05) is 36.2 Å². The van der Waals surface area contributed by atoms with Gasteiger partial charge in [-0.15, -0.1) is 0 Å². The molecule has 1 aliphatic carbocycles. The number of hydrogen-bond donors (Lipinski definition) is 5. The van der Waals surface area contributed by atoms with Crippen molar-refractivity contribution < 1.29 is 19.1 Å². The summed E-state index contributed by atoms with van der Waals surface area (Å²) in [5.41, 5.74) is 10.00. The number of benzene rings is 2. The summed E-state index contributed by atoms with van der Waals surface area (Å²) in [6, 6.07) is 18.4. The lowest BCUT2D eigenvalue weighted by Gasteiger charge is -2.34. The topological polar surface area (TPSA) is 171 Å². The van der Waals surface area contributed by atoms with Gasteiger partial charge in [-0.2, -0.15) is 0 Å². The van der Waals surface area contributed by atoms with Crippen LogP contribution in [0.2, 0.25) is 0 Å². The number of aryl methyl sites for hydroxylation is 1. The number of nitrogens with two attached hydrogens (primary N) is 1. The molecule has 1 saturated heterocycles. The van der Waals surface area contributed by atoms with Crippen molar-refractivity contribution in [2.24, 2.45) is 22.1 Å². The average Bonchev–Trinajstić information content (AvgIpc) is 3.09. The van der Waals surface area contributed by atoms with Crippen molar-refractivity contribution in [2.75, 3.05) is 13.1 Å². The average molecular weight is 723 g/mol. The van der Waals surface area contributed by atoms with Crippen molar-refractivity contribution in [2.45, 2.75) is 91.9 Å². The molecule has 12 nitrogen and oxygen atoms in total. The van der Waals surface area contributed by atoms with E-state index in [4.69, 9.17) is 26.0 Å². The summed E-state index contributed by atoms with van der Waals surface area (Å²) >= 11 is 0. The fraction of sp³-hybridized carbons (Fsp3) is 0.439. The molecule has 0 bridgehead atoms. The van der Waals surface area contributed by atoms with E-state index in [0.717, 1.165) is 16.7 Å². The first-order chi connectivity index (χ1) is 25.0. The van der Waals surface area contributed by atoms with E-state index in [0.29, 0.717) is 67.6 Å². The van der Waals surface area contributed by atoms with Gasteiger partial charge in [0.1, 0.15) is 34.6 Å². The summed E-state index contributed by atoms with van der Waals surface area (Å²) in [5.74, 6) is 1.07. The number of amides is 3. The Hall–Kier alpha value is -5.39. The number of carbonyl (C=O) groups excluding carboxylic acids is 2. The van der Waals surface area contributed by atoms with E-state index in [-0.39, 0.29) is 35.1 Å². The summed E-state index contributed by atoms with van der Waals surface area (Å²) < 4.78 is 13.6. The van der Waals surface area contributed by atoms with E-state index < -0.39 is 11.6 Å². The fourth-order valence-electron chi connectivity index (χ4n) is 6.33. The van der Waals surface area contributed by atoms with Crippen molar-refractivity contribution in [1.82, 2.24) is 20.1 Å². The number of allylic oxidation sites excluding steroid dienone is 1. The third-order valence-corrected chi connectivity index (χ3v) is 9.42. The van der Waals surface area contributed by atoms with Gasteiger partial charge < -0.3 is 25.4 Å². The maximum Gasteiger partial charge on any atom is 0.410 e. The van der Waals surface area contributed by atoms with Crippen molar-refractivity contribution >= 4 is 29.5 Å². The molecule has 2 atom stereocenters. The first-order valence-corrected chi connectivity index (χ1v) is 18.3. The van der Waals surface area contributed by atoms with Gasteiger partial charge in [-0.05, 0) is 88.8 Å². The highest BCUT2D eigenvalue weighted by Gasteiger charge is 2.31. The van der Waals surface area contributed by atoms with Crippen molar-refractivity contribution in [3.8, 4) is 5.75 Å². The second kappa shape index (κ2) is 16.1. The Labute approximate surface area is 312 Å². The SMILES string of the molecule is Cc1ccc(N=C(/C=C(\N)C(C)(C)C)NC(=O)N[C@H]2CC[C@@H](Oc3ccc(=N)n(C(=N)C4CCN(C(=O)OC(C)(C)C)CC4)c3)c3ccccc32)cc1. The van der Waals surface area contributed by atoms with Crippen LogP contribution in [0.3, 0.4) is 0 Å². The first kappa shape index (κ1) is 38.8. The molecule has 3 aromatic rings. The van der Waals surface area contributed by atoms with Gasteiger partial charge in [0.25, 0.3) is 0 Å². The number of fused-ring (bicyclic) bond motifs is 1. The second-order valence-electron chi connectivity index (χ2n) is 15.9. The van der Waals surface area contributed by atoms with Crippen LogP contribution in [0.25, 0.3) is 0 Å². The number of carbonyl (C=O) groups is 2. The summed E-state index contributed by atoms with van der Waals surface area (Å²) in [5, 5.41) is 23.6. The Morgan fingerprint density at radius 1 is 0.925 bits per heavy atom. The van der Waals surface area contributed by atoms with Crippen molar-refractivity contribution in [3.63, 3.8) is 0 Å². The number of hydrogen-bond acceptors (Lipinski definition) is 8. The van der Waals surface area contributed by atoms with E-state index in [2.05, 4.69) is 15.6 Å². The molecule has 1 aromatic heterocycles. The van der Waals surface area contributed by atoms with Crippen molar-refractivity contribution in [1.29, 1.82) is 10.8 Å². The Bertz CT molecular complexity index is 1930. The molecule has 2 aliphatic rings. The number of amidine groups is 1. The summed E-state index contributed by atoms with van der Waals surface area (Å²) in [4.78, 5) is 32.4. The number of likely N-dealkylation sites (tertiary alicyclic amines) is 1. The highest BCUT2D eigenvalue weighted by molar-refractivity contribution is 6.05. The second-order valence-corrected chi connectivity index (χ2v) is 15.9. The Kier molecular flexibility index (Phi) is 11.8. The minimum atomic E-state index is -0.567. The van der Waals surface area contributed by atoms with E-state index in [9.17, 15) is 9.59 Å². The van der Waals surface area contributed by atoms with Crippen LogP contribution in [-0.4, -0.2) is 52.0 Å². The Balaban J connectivity index is 1.26. The van der Waals surface area contributed by atoms with E-state index in [1.165, 1.54) is 0 Å². The maximum atomic E-state index is 13.5. The highest BCUT2D eigenvalue weighted by atomic mass is 16.6. The van der Waals surface area contributed by atoms with Gasteiger partial charge in [-0.1, -0.05) is 62.7 Å². The Morgan fingerprint density at radius 3 is 2.23 bits per heavy atom. The molecule has 5 rings (SSSR count). The minimum Gasteiger partial charge on any atom is -0.484 e. The smallest absolute Gasteiger partial charge is 0.410 e. The van der Waals surface area contributed by atoms with E-state index in [1.807, 2.05) is 97.0 Å². The number of nitrogens with zero attached hydrogens (tertiary/aromatic N) is 3. The molecule has 6 N–H and O–H groups in total. The third-order valence-electron chi connectivity index (χ3n) is 9.42. The van der Waals surface area contributed by atoms with Gasteiger partial charge >= 0.3 is 12.1 Å². The van der Waals surface area contributed by atoms with Crippen LogP contribution in [0.15, 0.2) is 83.6 Å². The van der Waals surface area contributed by atoms with Crippen LogP contribution in [0, 0.1) is 29.1 Å². The van der Waals surface area contributed by atoms with Gasteiger partial charge in [-0.3, -0.25) is 20.7 Å². The number of ether oxygens (including phenoxy) is 2. The standard InChI is InChI=1S/C41H54N8O4/c1-26-12-14-28(15-13-26)45-36(24-34(42)40(2,3)4)47-38(50)46-32-17-18-33(31-11-9-8-10-30(31)32)52-29-16-19-35(43)49(25-29)37(44)27-20-22-48(23-21-27)39(51)53-41(5,6)7/h8-16,19,24-25,27,32-33,43-44H,17-18,20-23,42H2,1-7H3,(H2,45,46,47,50)/b34-24-,43-35?,44-37?/t32-,33+/m0/s1. The molecule has 53 heavy (non-hydrogen) atoms. The van der Waals surface area contributed by atoms with Gasteiger partial charge in [-0.25, -0.2) is 14.6 Å². The molecular formula is C41H54N8O4. The molecular weight excluding hydrogens is 669 g/mol. The molecule has 0 spiro atoms. The minimum absolute atomic E-state index is 0.116. The summed E-state index contributed by atoms with van der Waals surface area (Å²) in [6.07, 6.45) is 5.25. The fourth-order valence-corrected chi connectivity index (χ4v) is 6.33. The number of urea groups is 1. The monoisotopic (exact) mass is 722 g/mol. The lowest BCUT2D eigenvalue weighted by molar-refractivity contribution is 0.0200. The summed E-state index contributed by atoms with van der Waals surface area (Å²) in [6.45, 7) is 14.5. The predicted octanol–water partition coefficient (Wildman–Crippen LogP) is 7.62. The lowest BCUT2D eigenvalue weighted by Crippen LogP contribution is -2.44. The molecule has 282 valence electrons. The zero-order chi connectivity index (χ0) is 38.5. The number of aliphatic imine (C=N–C) groups is 1. The highest BCUT2D eigenvalue weighted by Crippen LogP contribution is 2.38. The normalized spacial score (nSPS) is 18.5. The molecule has 0 unspecified atom stereocenters. The maximum absolute atomic E-state index is 13.5. The molecule has 0 saturated carbocycles. The van der Waals surface area contributed by atoms with Crippen LogP contribution in [0.5, 0.6) is 5.75 Å². The number of aromatic nitrogens is 1. The van der Waals surface area contributed by atoms with Crippen LogP contribution < -0.4 is 26.6 Å². The van der Waals surface area contributed by atoms with Crippen LogP contribution in [0.4, 0.5) is 15.3 Å². The molecule has 1 fully saturated rings. The Morgan fingerprint density at radius 2 is 1.58 bits per heavy atom. The zero-order valence-corrected chi connectivity index (χ0v) is 32.0. The predicted molar refractivity (Wildman–Crippen MR) is 207 cm³/mol. The van der Waals surface area contributed by atoms with Gasteiger partial charge in [0.2, 0.25) is 0 Å². The number of rotatable bonds is 6. The lowest BCUT2D eigenvalue weighted by atomic mass is 9.85. The van der Waals surface area contributed by atoms with Crippen LogP contribution >= 0.6 is 0 Å². The number of pyridine rings is 1. The quantitative estimate of drug-likeness (QED) is 0.130. The molecule has 2 heterocycles. The largest absolute Gasteiger partial charge is 0.484 e. The molecule has 0 radical (unpaired) electrons. The van der Waals surface area contributed by atoms with Crippen LogP contribution in [-0.2, 0) is 4.74 Å². The molecule has 1 aliphatic heterocycles. The number of nitrogens with one attached hydrogen (secondary N) is 4. The van der Waals surface area contributed by atoms with E-state index >= 15 is 0 Å². The summed E-state index contributed by atoms with van der Waals surface area (Å²) in [7, 11) is 0. The van der Waals surface area contributed by atoms with Crippen molar-refractivity contribution in [3.05, 3.63) is 101 Å². The molecule has 3 amide bonds. The van der Waals surface area contributed by atoms with Gasteiger partial charge in [0.05, 0.1) is 17.9 Å². The molecule has 2 aromatic carbocycles. The number of piperidine rings is 1. The zero-order valence-electron chi connectivity index (χ0n) is 32.0. The third kappa shape index (κ3) is 10.4. The van der Waals surface area contributed by atoms with E-state index in [1.54, 1.807) is 33.9 Å². The van der Waals surface area contributed by atoms with Crippen LogP contribution in [0.1, 0.15) is 96.1 Å². The molecule has 12 heteroatoms. The van der Waals surface area contributed by atoms with Gasteiger partial charge in [0.15, 0.2) is 0 Å².